The number of halogens is 1. The summed E-state index contributed by atoms with van der Waals surface area (Å²) in [5.74, 6) is -0.184. The van der Waals surface area contributed by atoms with E-state index < -0.39 is 5.54 Å². The van der Waals surface area contributed by atoms with Crippen molar-refractivity contribution in [3.8, 4) is 0 Å². The quantitative estimate of drug-likeness (QED) is 0.778. The minimum Gasteiger partial charge on any atom is -0.350 e. The summed E-state index contributed by atoms with van der Waals surface area (Å²) in [5, 5.41) is 9.27. The van der Waals surface area contributed by atoms with E-state index in [1.54, 1.807) is 0 Å². The molecule has 6 heteroatoms. The molecule has 2 aliphatic rings. The van der Waals surface area contributed by atoms with Gasteiger partial charge in [-0.1, -0.05) is 37.5 Å². The monoisotopic (exact) mass is 351 g/mol. The molecule has 0 unspecified atom stereocenters. The van der Waals surface area contributed by atoms with Gasteiger partial charge in [0.25, 0.3) is 0 Å². The van der Waals surface area contributed by atoms with E-state index in [-0.39, 0.29) is 24.2 Å². The molecule has 1 fully saturated rings. The molecule has 3 N–H and O–H groups in total. The van der Waals surface area contributed by atoms with Gasteiger partial charge in [-0.25, -0.2) is 0 Å². The summed E-state index contributed by atoms with van der Waals surface area (Å²) in [6.07, 6.45) is 4.56. The Bertz CT molecular complexity index is 612. The predicted octanol–water partition coefficient (Wildman–Crippen LogP) is 2.17. The Morgan fingerprint density at radius 2 is 1.83 bits per heavy atom. The van der Waals surface area contributed by atoms with Crippen molar-refractivity contribution in [2.75, 3.05) is 0 Å². The van der Waals surface area contributed by atoms with Crippen LogP contribution in [0.25, 0.3) is 0 Å². The largest absolute Gasteiger partial charge is 0.350 e. The smallest absolute Gasteiger partial charge is 0.246 e. The molecule has 0 bridgehead atoms. The summed E-state index contributed by atoms with van der Waals surface area (Å²) in [7, 11) is 0. The van der Waals surface area contributed by atoms with Crippen LogP contribution in [0, 0.1) is 0 Å². The van der Waals surface area contributed by atoms with Crippen LogP contribution in [0.5, 0.6) is 0 Å². The maximum Gasteiger partial charge on any atom is 0.246 e. The zero-order valence-electron chi connectivity index (χ0n) is 14.1. The van der Waals surface area contributed by atoms with Gasteiger partial charge >= 0.3 is 0 Å². The molecule has 1 aromatic carbocycles. The Kier molecular flexibility index (Phi) is 6.24. The van der Waals surface area contributed by atoms with Crippen LogP contribution < -0.4 is 16.0 Å². The van der Waals surface area contributed by atoms with Gasteiger partial charge in [-0.15, -0.1) is 12.4 Å². The normalized spacial score (nSPS) is 18.2. The Balaban J connectivity index is 0.00000208. The second-order valence-electron chi connectivity index (χ2n) is 6.71. The van der Waals surface area contributed by atoms with Crippen molar-refractivity contribution < 1.29 is 9.59 Å². The average molecular weight is 352 g/mol. The van der Waals surface area contributed by atoms with Gasteiger partial charge in [0.15, 0.2) is 0 Å². The van der Waals surface area contributed by atoms with Gasteiger partial charge in [0, 0.05) is 26.6 Å². The third kappa shape index (κ3) is 4.08. The molecule has 5 nitrogen and oxygen atoms in total. The molecule has 0 radical (unpaired) electrons. The van der Waals surface area contributed by atoms with Crippen molar-refractivity contribution in [3.63, 3.8) is 0 Å². The number of fused-ring (bicyclic) bond motifs is 1. The first kappa shape index (κ1) is 18.7. The summed E-state index contributed by atoms with van der Waals surface area (Å²) < 4.78 is 0. The molecule has 3 rings (SSSR count). The van der Waals surface area contributed by atoms with Gasteiger partial charge in [-0.3, -0.25) is 9.59 Å². The maximum absolute atomic E-state index is 12.7. The van der Waals surface area contributed by atoms with Crippen LogP contribution in [0.15, 0.2) is 18.2 Å². The van der Waals surface area contributed by atoms with Crippen molar-refractivity contribution in [1.29, 1.82) is 0 Å². The minimum absolute atomic E-state index is 0. The molecule has 1 aliphatic heterocycles. The van der Waals surface area contributed by atoms with Crippen LogP contribution in [0.4, 0.5) is 0 Å². The highest BCUT2D eigenvalue weighted by atomic mass is 35.5. The first-order chi connectivity index (χ1) is 11.1. The van der Waals surface area contributed by atoms with E-state index in [0.717, 1.165) is 50.8 Å². The zero-order valence-corrected chi connectivity index (χ0v) is 14.9. The highest BCUT2D eigenvalue weighted by Crippen LogP contribution is 2.28. The Morgan fingerprint density at radius 3 is 2.54 bits per heavy atom. The molecule has 1 aliphatic carbocycles. The van der Waals surface area contributed by atoms with Crippen LogP contribution in [0.2, 0.25) is 0 Å². The summed E-state index contributed by atoms with van der Waals surface area (Å²) in [5.41, 5.74) is 3.03. The molecule has 132 valence electrons. The fourth-order valence-electron chi connectivity index (χ4n) is 3.71. The number of benzene rings is 1. The molecule has 1 saturated carbocycles. The summed E-state index contributed by atoms with van der Waals surface area (Å²) in [4.78, 5) is 24.3. The zero-order chi connectivity index (χ0) is 16.3. The van der Waals surface area contributed by atoms with Crippen molar-refractivity contribution in [2.45, 2.75) is 64.2 Å². The molecule has 24 heavy (non-hydrogen) atoms. The Hall–Kier alpha value is -1.59. The van der Waals surface area contributed by atoms with Crippen LogP contribution in [0.3, 0.4) is 0 Å². The van der Waals surface area contributed by atoms with Gasteiger partial charge in [0.2, 0.25) is 11.8 Å². The summed E-state index contributed by atoms with van der Waals surface area (Å²) in [6.45, 7) is 3.81. The number of carbonyl (C=O) groups is 2. The fraction of sp³-hybridized carbons (Fsp3) is 0.556. The lowest BCUT2D eigenvalue weighted by atomic mass is 9.80. The lowest BCUT2D eigenvalue weighted by molar-refractivity contribution is -0.134. The van der Waals surface area contributed by atoms with Gasteiger partial charge in [-0.05, 0) is 29.5 Å². The number of nitrogens with one attached hydrogen (secondary N) is 3. The van der Waals surface area contributed by atoms with Crippen molar-refractivity contribution in [3.05, 3.63) is 34.9 Å². The highest BCUT2D eigenvalue weighted by Gasteiger charge is 2.39. The van der Waals surface area contributed by atoms with Gasteiger partial charge in [-0.2, -0.15) is 0 Å². The fourth-order valence-corrected chi connectivity index (χ4v) is 3.71. The van der Waals surface area contributed by atoms with E-state index >= 15 is 0 Å². The van der Waals surface area contributed by atoms with Crippen molar-refractivity contribution in [2.24, 2.45) is 0 Å². The van der Waals surface area contributed by atoms with Crippen LogP contribution >= 0.6 is 12.4 Å². The van der Waals surface area contributed by atoms with E-state index in [9.17, 15) is 9.59 Å². The van der Waals surface area contributed by atoms with E-state index in [1.807, 2.05) is 0 Å². The Morgan fingerprint density at radius 1 is 1.12 bits per heavy atom. The average Bonchev–Trinajstić information content (AvgIpc) is 3.00. The maximum atomic E-state index is 12.7. The van der Waals surface area contributed by atoms with E-state index in [4.69, 9.17) is 0 Å². The first-order valence-electron chi connectivity index (χ1n) is 8.47. The van der Waals surface area contributed by atoms with Crippen LogP contribution in [-0.4, -0.2) is 17.4 Å². The Labute approximate surface area is 149 Å². The topological polar surface area (TPSA) is 70.2 Å². The standard InChI is InChI=1S/C18H25N3O2.ClH/c1-13(22)21-18(7-3-2-4-8-18)17(23)20-10-14-5-6-15-11-19-12-16(15)9-14;/h5-6,9,19H,2-4,7-8,10-12H2,1H3,(H,20,23)(H,21,22);1H. The highest BCUT2D eigenvalue weighted by molar-refractivity contribution is 5.91. The minimum atomic E-state index is -0.720. The number of hydrogen-bond acceptors (Lipinski definition) is 3. The number of hydrogen-bond donors (Lipinski definition) is 3. The van der Waals surface area contributed by atoms with Gasteiger partial charge in [0.05, 0.1) is 0 Å². The molecule has 2 amide bonds. The predicted molar refractivity (Wildman–Crippen MR) is 95.7 cm³/mol. The van der Waals surface area contributed by atoms with Crippen molar-refractivity contribution >= 4 is 24.2 Å². The second-order valence-corrected chi connectivity index (χ2v) is 6.71. The third-order valence-electron chi connectivity index (χ3n) is 4.91. The van der Waals surface area contributed by atoms with Crippen molar-refractivity contribution in [1.82, 2.24) is 16.0 Å². The molecule has 0 saturated heterocycles. The van der Waals surface area contributed by atoms with Gasteiger partial charge in [0.1, 0.15) is 5.54 Å². The lowest BCUT2D eigenvalue weighted by Gasteiger charge is -2.36. The lowest BCUT2D eigenvalue weighted by Crippen LogP contribution is -2.59. The summed E-state index contributed by atoms with van der Waals surface area (Å²) >= 11 is 0. The van der Waals surface area contributed by atoms with Gasteiger partial charge < -0.3 is 16.0 Å². The molecule has 1 aromatic rings. The van der Waals surface area contributed by atoms with E-state index in [2.05, 4.69) is 34.1 Å². The molecule has 0 aromatic heterocycles. The van der Waals surface area contributed by atoms with E-state index in [1.165, 1.54) is 18.1 Å². The van der Waals surface area contributed by atoms with Crippen LogP contribution in [-0.2, 0) is 29.2 Å². The number of amides is 2. The molecule has 0 atom stereocenters. The molecule has 1 heterocycles. The molecular weight excluding hydrogens is 326 g/mol. The second kappa shape index (κ2) is 7.99. The number of carbonyl (C=O) groups excluding carboxylic acids is 2. The number of rotatable bonds is 4. The van der Waals surface area contributed by atoms with Crippen LogP contribution in [0.1, 0.15) is 55.7 Å². The SMILES string of the molecule is CC(=O)NC1(C(=O)NCc2ccc3c(c2)CNC3)CCCCC1.Cl. The first-order valence-corrected chi connectivity index (χ1v) is 8.47. The molecule has 0 spiro atoms. The van der Waals surface area contributed by atoms with E-state index in [0.29, 0.717) is 6.54 Å². The summed E-state index contributed by atoms with van der Waals surface area (Å²) in [6, 6.07) is 6.35. The molecular formula is C18H26ClN3O2. The third-order valence-corrected chi connectivity index (χ3v) is 4.91.